The fourth-order valence-corrected chi connectivity index (χ4v) is 5.00. The van der Waals surface area contributed by atoms with Gasteiger partial charge in [-0.15, -0.1) is 11.3 Å². The second kappa shape index (κ2) is 7.44. The Hall–Kier alpha value is -3.00. The molecule has 3 aromatic rings. The van der Waals surface area contributed by atoms with Crippen molar-refractivity contribution in [1.82, 2.24) is 19.8 Å². The summed E-state index contributed by atoms with van der Waals surface area (Å²) < 4.78 is 0. The number of thiophene rings is 1. The van der Waals surface area contributed by atoms with Gasteiger partial charge in [-0.2, -0.15) is 0 Å². The van der Waals surface area contributed by atoms with E-state index in [2.05, 4.69) is 9.97 Å². The molecule has 0 bridgehead atoms. The van der Waals surface area contributed by atoms with E-state index in [1.54, 1.807) is 28.0 Å². The van der Waals surface area contributed by atoms with Crippen molar-refractivity contribution in [2.24, 2.45) is 0 Å². The highest BCUT2D eigenvalue weighted by atomic mass is 32.1. The maximum atomic E-state index is 13.1. The Morgan fingerprint density at radius 3 is 2.24 bits per heavy atom. The number of carbonyl (C=O) groups excluding carboxylic acids is 2. The van der Waals surface area contributed by atoms with Crippen molar-refractivity contribution in [3.8, 4) is 5.75 Å². The molecule has 1 N–H and O–H groups in total. The third-order valence-corrected chi connectivity index (χ3v) is 6.44. The van der Waals surface area contributed by atoms with E-state index in [9.17, 15) is 14.7 Å². The molecule has 1 aliphatic rings. The molecular weight excluding hydrogens is 388 g/mol. The standard InChI is InChI=1S/C21H22N4O3S/c1-12-17-13(2)22-14(3)23-19(17)29-18(12)21(28)25-10-8-24(9-11-25)20(27)15-6-4-5-7-16(15)26/h4-7,26H,8-11H2,1-3H3. The summed E-state index contributed by atoms with van der Waals surface area (Å²) >= 11 is 1.40. The quantitative estimate of drug-likeness (QED) is 0.702. The Kier molecular flexibility index (Phi) is 4.96. The van der Waals surface area contributed by atoms with Crippen LogP contribution in [0.3, 0.4) is 0 Å². The number of fused-ring (bicyclic) bond motifs is 1. The number of benzene rings is 1. The second-order valence-corrected chi connectivity index (χ2v) is 8.19. The van der Waals surface area contributed by atoms with Crippen molar-refractivity contribution >= 4 is 33.4 Å². The molecule has 0 atom stereocenters. The molecular formula is C21H22N4O3S. The van der Waals surface area contributed by atoms with Crippen LogP contribution in [0.2, 0.25) is 0 Å². The number of hydrogen-bond donors (Lipinski definition) is 1. The van der Waals surface area contributed by atoms with Crippen molar-refractivity contribution < 1.29 is 14.7 Å². The monoisotopic (exact) mass is 410 g/mol. The number of aromatic nitrogens is 2. The number of para-hydroxylation sites is 1. The maximum absolute atomic E-state index is 13.1. The van der Waals surface area contributed by atoms with E-state index in [-0.39, 0.29) is 23.1 Å². The van der Waals surface area contributed by atoms with Crippen LogP contribution in [0.4, 0.5) is 0 Å². The van der Waals surface area contributed by atoms with Crippen molar-refractivity contribution in [3.05, 3.63) is 51.8 Å². The first kappa shape index (κ1) is 19.3. The van der Waals surface area contributed by atoms with Crippen LogP contribution in [0.15, 0.2) is 24.3 Å². The van der Waals surface area contributed by atoms with Gasteiger partial charge in [-0.05, 0) is 38.5 Å². The third kappa shape index (κ3) is 3.44. The van der Waals surface area contributed by atoms with E-state index in [1.807, 2.05) is 20.8 Å². The smallest absolute Gasteiger partial charge is 0.264 e. The highest BCUT2D eigenvalue weighted by molar-refractivity contribution is 7.20. The molecule has 1 saturated heterocycles. The van der Waals surface area contributed by atoms with Crippen molar-refractivity contribution in [2.75, 3.05) is 26.2 Å². The minimum Gasteiger partial charge on any atom is -0.507 e. The molecule has 0 spiro atoms. The highest BCUT2D eigenvalue weighted by Crippen LogP contribution is 2.32. The van der Waals surface area contributed by atoms with Crippen LogP contribution in [-0.4, -0.2) is 62.9 Å². The largest absolute Gasteiger partial charge is 0.507 e. The first-order valence-electron chi connectivity index (χ1n) is 9.47. The Morgan fingerprint density at radius 1 is 0.966 bits per heavy atom. The zero-order valence-corrected chi connectivity index (χ0v) is 17.4. The van der Waals surface area contributed by atoms with Crippen LogP contribution in [0.25, 0.3) is 10.2 Å². The zero-order valence-electron chi connectivity index (χ0n) is 16.6. The molecule has 0 aliphatic carbocycles. The number of hydrogen-bond acceptors (Lipinski definition) is 6. The average Bonchev–Trinajstić information content (AvgIpc) is 3.04. The van der Waals surface area contributed by atoms with Crippen molar-refractivity contribution in [1.29, 1.82) is 0 Å². The second-order valence-electron chi connectivity index (χ2n) is 7.19. The first-order chi connectivity index (χ1) is 13.9. The summed E-state index contributed by atoms with van der Waals surface area (Å²) in [5.74, 6) is 0.432. The highest BCUT2D eigenvalue weighted by Gasteiger charge is 2.29. The number of phenols is 1. The number of nitrogens with zero attached hydrogens (tertiary/aromatic N) is 4. The minimum atomic E-state index is -0.213. The number of phenolic OH excluding ortho intramolecular Hbond substituents is 1. The lowest BCUT2D eigenvalue weighted by Crippen LogP contribution is -2.50. The number of aryl methyl sites for hydroxylation is 3. The van der Waals surface area contributed by atoms with Crippen LogP contribution in [0.1, 0.15) is 37.1 Å². The molecule has 2 aromatic heterocycles. The molecule has 29 heavy (non-hydrogen) atoms. The van der Waals surface area contributed by atoms with E-state index in [0.717, 1.165) is 21.5 Å². The molecule has 7 nitrogen and oxygen atoms in total. The normalized spacial score (nSPS) is 14.4. The van der Waals surface area contributed by atoms with Gasteiger partial charge in [0.25, 0.3) is 11.8 Å². The Bertz CT molecular complexity index is 1120. The lowest BCUT2D eigenvalue weighted by atomic mass is 10.1. The van der Waals surface area contributed by atoms with E-state index < -0.39 is 0 Å². The zero-order chi connectivity index (χ0) is 20.7. The number of amides is 2. The number of rotatable bonds is 2. The van der Waals surface area contributed by atoms with Crippen molar-refractivity contribution in [2.45, 2.75) is 20.8 Å². The van der Waals surface area contributed by atoms with E-state index in [4.69, 9.17) is 0 Å². The van der Waals surface area contributed by atoms with Gasteiger partial charge in [-0.25, -0.2) is 9.97 Å². The number of piperazine rings is 1. The SMILES string of the molecule is Cc1nc(C)c2c(C)c(C(=O)N3CCN(C(=O)c4ccccc4O)CC3)sc2n1. The molecule has 150 valence electrons. The fourth-order valence-electron chi connectivity index (χ4n) is 3.76. The van der Waals surface area contributed by atoms with E-state index in [0.29, 0.717) is 36.9 Å². The molecule has 8 heteroatoms. The topological polar surface area (TPSA) is 86.6 Å². The predicted octanol–water partition coefficient (Wildman–Crippen LogP) is 2.92. The van der Waals surface area contributed by atoms with Gasteiger partial charge in [0.1, 0.15) is 16.4 Å². The summed E-state index contributed by atoms with van der Waals surface area (Å²) in [6, 6.07) is 6.53. The molecule has 3 heterocycles. The lowest BCUT2D eigenvalue weighted by Gasteiger charge is -2.34. The molecule has 1 aromatic carbocycles. The molecule has 4 rings (SSSR count). The Labute approximate surface area is 172 Å². The summed E-state index contributed by atoms with van der Waals surface area (Å²) in [4.78, 5) is 39.7. The minimum absolute atomic E-state index is 0.0244. The summed E-state index contributed by atoms with van der Waals surface area (Å²) in [6.45, 7) is 7.50. The van der Waals surface area contributed by atoms with Crippen LogP contribution in [0.5, 0.6) is 5.75 Å². The number of aromatic hydroxyl groups is 1. The maximum Gasteiger partial charge on any atom is 0.264 e. The van der Waals surface area contributed by atoms with E-state index in [1.165, 1.54) is 17.4 Å². The van der Waals surface area contributed by atoms with Gasteiger partial charge in [0.05, 0.1) is 10.4 Å². The Balaban J connectivity index is 1.51. The van der Waals surface area contributed by atoms with Gasteiger partial charge in [0.2, 0.25) is 0 Å². The van der Waals surface area contributed by atoms with Gasteiger partial charge < -0.3 is 14.9 Å². The van der Waals surface area contributed by atoms with Crippen LogP contribution in [0, 0.1) is 20.8 Å². The summed E-state index contributed by atoms with van der Waals surface area (Å²) in [5.41, 5.74) is 2.09. The van der Waals surface area contributed by atoms with Crippen LogP contribution >= 0.6 is 11.3 Å². The third-order valence-electron chi connectivity index (χ3n) is 5.27. The predicted molar refractivity (Wildman–Crippen MR) is 112 cm³/mol. The summed E-state index contributed by atoms with van der Waals surface area (Å²) in [6.07, 6.45) is 0. The van der Waals surface area contributed by atoms with Gasteiger partial charge in [-0.1, -0.05) is 12.1 Å². The summed E-state index contributed by atoms with van der Waals surface area (Å²) in [7, 11) is 0. The molecule has 0 saturated carbocycles. The van der Waals surface area contributed by atoms with Gasteiger partial charge in [0, 0.05) is 37.3 Å². The van der Waals surface area contributed by atoms with Crippen molar-refractivity contribution in [3.63, 3.8) is 0 Å². The average molecular weight is 410 g/mol. The molecule has 2 amide bonds. The molecule has 0 radical (unpaired) electrons. The molecule has 0 unspecified atom stereocenters. The number of carbonyl (C=O) groups is 2. The lowest BCUT2D eigenvalue weighted by molar-refractivity contribution is 0.0536. The molecule has 1 aliphatic heterocycles. The van der Waals surface area contributed by atoms with Crippen LogP contribution < -0.4 is 0 Å². The molecule has 1 fully saturated rings. The van der Waals surface area contributed by atoms with Gasteiger partial charge in [-0.3, -0.25) is 9.59 Å². The summed E-state index contributed by atoms with van der Waals surface area (Å²) in [5, 5.41) is 10.9. The fraction of sp³-hybridized carbons (Fsp3) is 0.333. The van der Waals surface area contributed by atoms with Gasteiger partial charge in [0.15, 0.2) is 0 Å². The van der Waals surface area contributed by atoms with Gasteiger partial charge >= 0.3 is 0 Å². The first-order valence-corrected chi connectivity index (χ1v) is 10.3. The van der Waals surface area contributed by atoms with Crippen LogP contribution in [-0.2, 0) is 0 Å². The Morgan fingerprint density at radius 2 is 1.59 bits per heavy atom. The van der Waals surface area contributed by atoms with E-state index >= 15 is 0 Å².